The van der Waals surface area contributed by atoms with Gasteiger partial charge >= 0.3 is 0 Å². The van der Waals surface area contributed by atoms with E-state index in [2.05, 4.69) is 9.80 Å². The lowest BCUT2D eigenvalue weighted by Crippen LogP contribution is -2.32. The number of rotatable bonds is 5. The van der Waals surface area contributed by atoms with Crippen LogP contribution in [0.5, 0.6) is 0 Å². The molecule has 0 unspecified atom stereocenters. The summed E-state index contributed by atoms with van der Waals surface area (Å²) in [6, 6.07) is 0. The molecule has 0 aromatic rings. The van der Waals surface area contributed by atoms with E-state index in [1.165, 1.54) is 0 Å². The molecule has 0 atom stereocenters. The van der Waals surface area contributed by atoms with Crippen molar-refractivity contribution in [2.45, 2.75) is 12.8 Å². The number of hydrogen-bond acceptors (Lipinski definition) is 4. The van der Waals surface area contributed by atoms with Crippen molar-refractivity contribution in [2.24, 2.45) is 0 Å². The molecule has 1 aliphatic rings. The summed E-state index contributed by atoms with van der Waals surface area (Å²) in [5.41, 5.74) is 0. The Morgan fingerprint density at radius 2 is 1.71 bits per heavy atom. The quantitative estimate of drug-likeness (QED) is 0.612. The van der Waals surface area contributed by atoms with Crippen molar-refractivity contribution in [3.63, 3.8) is 0 Å². The first-order chi connectivity index (χ1) is 6.86. The van der Waals surface area contributed by atoms with Gasteiger partial charge in [0.25, 0.3) is 0 Å². The average Bonchev–Trinajstić information content (AvgIpc) is 2.41. The molecule has 0 aromatic carbocycles. The normalized spacial score (nSPS) is 20.6. The van der Waals surface area contributed by atoms with E-state index >= 15 is 0 Å². The third-order valence-corrected chi connectivity index (χ3v) is 2.66. The Bertz CT molecular complexity index is 164. The van der Waals surface area contributed by atoms with Gasteiger partial charge in [0.15, 0.2) is 0 Å². The number of aldehydes is 1. The summed E-state index contributed by atoms with van der Waals surface area (Å²) in [4.78, 5) is 14.8. The fraction of sp³-hybridized carbons (Fsp3) is 0.900. The van der Waals surface area contributed by atoms with Crippen molar-refractivity contribution in [1.82, 2.24) is 9.80 Å². The highest BCUT2D eigenvalue weighted by Crippen LogP contribution is 2.02. The molecule has 0 bridgehead atoms. The molecule has 0 aliphatic carbocycles. The molecule has 1 aliphatic heterocycles. The lowest BCUT2D eigenvalue weighted by Gasteiger charge is -2.20. The van der Waals surface area contributed by atoms with Crippen LogP contribution in [0.4, 0.5) is 0 Å². The van der Waals surface area contributed by atoms with Gasteiger partial charge in [-0.25, -0.2) is 0 Å². The second kappa shape index (κ2) is 6.92. The number of carbonyl (C=O) groups is 1. The van der Waals surface area contributed by atoms with Crippen LogP contribution in [0.25, 0.3) is 0 Å². The molecule has 0 saturated carbocycles. The number of aliphatic hydroxyl groups is 1. The Hall–Kier alpha value is -0.450. The molecule has 1 fully saturated rings. The van der Waals surface area contributed by atoms with Crippen LogP contribution in [-0.4, -0.2) is 67.1 Å². The molecule has 0 aromatic heterocycles. The highest BCUT2D eigenvalue weighted by atomic mass is 16.3. The highest BCUT2D eigenvalue weighted by molar-refractivity contribution is 5.49. The molecule has 4 heteroatoms. The number of carbonyl (C=O) groups excluding carboxylic acids is 1. The molecule has 1 N–H and O–H groups in total. The fourth-order valence-corrected chi connectivity index (χ4v) is 1.85. The van der Waals surface area contributed by atoms with Crippen molar-refractivity contribution >= 4 is 6.29 Å². The number of hydrogen-bond donors (Lipinski definition) is 1. The minimum Gasteiger partial charge on any atom is -0.395 e. The summed E-state index contributed by atoms with van der Waals surface area (Å²) in [5, 5.41) is 8.82. The summed E-state index contributed by atoms with van der Waals surface area (Å²) in [7, 11) is 0. The average molecular weight is 200 g/mol. The lowest BCUT2D eigenvalue weighted by atomic mass is 10.3. The fourth-order valence-electron chi connectivity index (χ4n) is 1.85. The zero-order valence-electron chi connectivity index (χ0n) is 8.69. The lowest BCUT2D eigenvalue weighted by molar-refractivity contribution is -0.108. The Morgan fingerprint density at radius 3 is 2.29 bits per heavy atom. The van der Waals surface area contributed by atoms with Gasteiger partial charge in [0.1, 0.15) is 6.29 Å². The first-order valence-corrected chi connectivity index (χ1v) is 5.36. The molecule has 0 radical (unpaired) electrons. The molecule has 1 rings (SSSR count). The van der Waals surface area contributed by atoms with E-state index in [1.54, 1.807) is 0 Å². The van der Waals surface area contributed by atoms with Crippen LogP contribution in [0.15, 0.2) is 0 Å². The van der Waals surface area contributed by atoms with Gasteiger partial charge in [0.05, 0.1) is 6.61 Å². The van der Waals surface area contributed by atoms with Gasteiger partial charge in [-0.2, -0.15) is 0 Å². The highest BCUT2D eigenvalue weighted by Gasteiger charge is 2.13. The molecule has 82 valence electrons. The molecule has 1 saturated heterocycles. The molecule has 0 amide bonds. The summed E-state index contributed by atoms with van der Waals surface area (Å²) in [6.45, 7) is 6.09. The SMILES string of the molecule is O=CCCN1CCCN(CCO)CC1. The van der Waals surface area contributed by atoms with E-state index in [9.17, 15) is 4.79 Å². The minimum atomic E-state index is 0.244. The number of β-amino-alcohol motifs (C(OH)–C–C–N with tert-alkyl or cyclic N) is 1. The van der Waals surface area contributed by atoms with Crippen LogP contribution < -0.4 is 0 Å². The smallest absolute Gasteiger partial charge is 0.121 e. The maximum Gasteiger partial charge on any atom is 0.121 e. The maximum absolute atomic E-state index is 10.2. The Labute approximate surface area is 85.5 Å². The van der Waals surface area contributed by atoms with Gasteiger partial charge in [0.2, 0.25) is 0 Å². The second-order valence-corrected chi connectivity index (χ2v) is 3.72. The van der Waals surface area contributed by atoms with Crippen LogP contribution in [0, 0.1) is 0 Å². The van der Waals surface area contributed by atoms with Crippen molar-refractivity contribution in [3.8, 4) is 0 Å². The molecular formula is C10H20N2O2. The van der Waals surface area contributed by atoms with Crippen molar-refractivity contribution in [2.75, 3.05) is 45.9 Å². The summed E-state index contributed by atoms with van der Waals surface area (Å²) in [5.74, 6) is 0. The van der Waals surface area contributed by atoms with E-state index in [0.29, 0.717) is 6.42 Å². The van der Waals surface area contributed by atoms with Gasteiger partial charge in [0, 0.05) is 32.6 Å². The predicted octanol–water partition coefficient (Wildman–Crippen LogP) is -0.425. The standard InChI is InChI=1S/C10H20N2O2/c13-9-2-5-11-3-1-4-12(7-6-11)8-10-14/h9,14H,1-8,10H2. The molecule has 14 heavy (non-hydrogen) atoms. The monoisotopic (exact) mass is 200 g/mol. The van der Waals surface area contributed by atoms with Crippen LogP contribution in [0.1, 0.15) is 12.8 Å². The molecule has 1 heterocycles. The first kappa shape index (κ1) is 11.6. The van der Waals surface area contributed by atoms with Crippen LogP contribution in [-0.2, 0) is 4.79 Å². The summed E-state index contributed by atoms with van der Waals surface area (Å²) < 4.78 is 0. The van der Waals surface area contributed by atoms with Crippen LogP contribution in [0.3, 0.4) is 0 Å². The van der Waals surface area contributed by atoms with Gasteiger partial charge < -0.3 is 14.8 Å². The predicted molar refractivity (Wildman–Crippen MR) is 55.3 cm³/mol. The first-order valence-electron chi connectivity index (χ1n) is 5.36. The van der Waals surface area contributed by atoms with E-state index in [-0.39, 0.29) is 6.61 Å². The largest absolute Gasteiger partial charge is 0.395 e. The van der Waals surface area contributed by atoms with E-state index in [4.69, 9.17) is 5.11 Å². The van der Waals surface area contributed by atoms with E-state index < -0.39 is 0 Å². The number of nitrogens with zero attached hydrogens (tertiary/aromatic N) is 2. The Kier molecular flexibility index (Phi) is 5.75. The zero-order chi connectivity index (χ0) is 10.2. The number of aliphatic hydroxyl groups excluding tert-OH is 1. The molecule has 4 nitrogen and oxygen atoms in total. The van der Waals surface area contributed by atoms with Gasteiger partial charge in [-0.15, -0.1) is 0 Å². The van der Waals surface area contributed by atoms with Gasteiger partial charge in [-0.1, -0.05) is 0 Å². The van der Waals surface area contributed by atoms with Gasteiger partial charge in [-0.3, -0.25) is 4.90 Å². The summed E-state index contributed by atoms with van der Waals surface area (Å²) >= 11 is 0. The topological polar surface area (TPSA) is 43.8 Å². The Balaban J connectivity index is 2.22. The van der Waals surface area contributed by atoms with Crippen LogP contribution in [0.2, 0.25) is 0 Å². The third-order valence-electron chi connectivity index (χ3n) is 2.66. The van der Waals surface area contributed by atoms with Crippen molar-refractivity contribution in [3.05, 3.63) is 0 Å². The third kappa shape index (κ3) is 4.17. The van der Waals surface area contributed by atoms with Crippen LogP contribution >= 0.6 is 0 Å². The second-order valence-electron chi connectivity index (χ2n) is 3.72. The van der Waals surface area contributed by atoms with E-state index in [1.807, 2.05) is 0 Å². The summed E-state index contributed by atoms with van der Waals surface area (Å²) in [6.07, 6.45) is 2.76. The van der Waals surface area contributed by atoms with Crippen molar-refractivity contribution < 1.29 is 9.90 Å². The van der Waals surface area contributed by atoms with Crippen molar-refractivity contribution in [1.29, 1.82) is 0 Å². The molecular weight excluding hydrogens is 180 g/mol. The Morgan fingerprint density at radius 1 is 1.07 bits per heavy atom. The van der Waals surface area contributed by atoms with Gasteiger partial charge in [-0.05, 0) is 19.5 Å². The van der Waals surface area contributed by atoms with E-state index in [0.717, 1.165) is 52.0 Å². The minimum absolute atomic E-state index is 0.244. The zero-order valence-corrected chi connectivity index (χ0v) is 8.69. The molecule has 0 spiro atoms. The maximum atomic E-state index is 10.2.